The molecule has 0 rings (SSSR count). The highest BCUT2D eigenvalue weighted by Crippen LogP contribution is 2.15. The maximum Gasteiger partial charge on any atom is 0.262 e. The first-order chi connectivity index (χ1) is 38.7. The highest BCUT2D eigenvalue weighted by molar-refractivity contribution is 5.92. The molecule has 4 amide bonds. The van der Waals surface area contributed by atoms with Crippen LogP contribution < -0.4 is 33.1 Å². The molecular weight excluding hydrogens is 985 g/mol. The number of hydrogen-bond donors (Lipinski definition) is 6. The van der Waals surface area contributed by atoms with Crippen LogP contribution in [0, 0.1) is 0 Å². The van der Waals surface area contributed by atoms with E-state index in [1.54, 1.807) is 18.6 Å². The second-order valence-corrected chi connectivity index (χ2v) is 21.8. The number of carbonyl (C=O) groups excluding carboxylic acids is 4. The van der Waals surface area contributed by atoms with Crippen LogP contribution in [0.25, 0.3) is 0 Å². The van der Waals surface area contributed by atoms with Crippen LogP contribution in [0.3, 0.4) is 0 Å². The number of hydrogen-bond acceptors (Lipinski definition) is 8. The number of nitrogens with zero attached hydrogens (tertiary/aromatic N) is 4. The van der Waals surface area contributed by atoms with Gasteiger partial charge in [0.05, 0.1) is 0 Å². The first kappa shape index (κ1) is 74.4. The number of allylic oxidation sites excluding steroid dienone is 6. The van der Waals surface area contributed by atoms with Gasteiger partial charge in [-0.25, -0.2) is 21.3 Å². The van der Waals surface area contributed by atoms with Gasteiger partial charge in [-0.3, -0.25) is 19.2 Å². The largest absolute Gasteiger partial charge is 0.370 e. The minimum Gasteiger partial charge on any atom is -0.370 e. The molecule has 0 aliphatic rings. The lowest BCUT2D eigenvalue weighted by molar-refractivity contribution is -0.130. The summed E-state index contributed by atoms with van der Waals surface area (Å²) in [5, 5.41) is 15.0. The maximum atomic E-state index is 13.6. The van der Waals surface area contributed by atoms with Gasteiger partial charge in [0.2, 0.25) is 17.7 Å². The van der Waals surface area contributed by atoms with Crippen LogP contribution >= 0.6 is 0 Å². The van der Waals surface area contributed by atoms with E-state index in [1.807, 2.05) is 0 Å². The van der Waals surface area contributed by atoms with Crippen molar-refractivity contribution in [1.29, 1.82) is 0 Å². The molecule has 79 heavy (non-hydrogen) atoms. The van der Waals surface area contributed by atoms with Crippen LogP contribution in [0.15, 0.2) is 56.8 Å². The normalized spacial score (nSPS) is 12.7. The molecular formula is C65H120N10O4. The third kappa shape index (κ3) is 56.5. The Morgan fingerprint density at radius 3 is 0.962 bits per heavy atom. The second-order valence-electron chi connectivity index (χ2n) is 21.8. The van der Waals surface area contributed by atoms with E-state index in [2.05, 4.69) is 99.1 Å². The summed E-state index contributed by atoms with van der Waals surface area (Å²) >= 11 is 0. The Balaban J connectivity index is 4.98. The van der Waals surface area contributed by atoms with Crippen LogP contribution in [0.4, 0.5) is 0 Å². The Labute approximate surface area is 483 Å². The van der Waals surface area contributed by atoms with Gasteiger partial charge in [-0.1, -0.05) is 211 Å². The van der Waals surface area contributed by atoms with Gasteiger partial charge in [0.1, 0.15) is 12.1 Å². The molecule has 454 valence electrons. The highest BCUT2D eigenvalue weighted by atomic mass is 16.2. The van der Waals surface area contributed by atoms with Gasteiger partial charge in [-0.05, 0) is 128 Å². The van der Waals surface area contributed by atoms with E-state index in [0.29, 0.717) is 6.42 Å². The molecule has 0 fully saturated rings. The van der Waals surface area contributed by atoms with Crippen molar-refractivity contribution >= 4 is 48.2 Å². The molecule has 0 aliphatic carbocycles. The van der Waals surface area contributed by atoms with E-state index in [-0.39, 0.29) is 31.6 Å². The number of rotatable bonds is 58. The smallest absolute Gasteiger partial charge is 0.262 e. The van der Waals surface area contributed by atoms with Crippen molar-refractivity contribution in [1.82, 2.24) is 21.6 Å². The second kappa shape index (κ2) is 61.0. The van der Waals surface area contributed by atoms with Crippen molar-refractivity contribution in [2.24, 2.45) is 31.8 Å². The Morgan fingerprint density at radius 2 is 0.633 bits per heavy atom. The standard InChI is InChI=1S/C65H120N10O4/c1-4-7-10-13-16-19-22-25-28-31-34-37-40-43-46-49-56-68-73-61(76)54-52-59(72-65(66)67)63(78)71-60(64(79)75-70-58-51-48-45-42-39-36-33-30-27-24-21-18-15-12-9-6-3)53-55-62(77)74-69-57-50-47-44-41-38-35-32-29-26-23-20-17-14-11-8-5-2/h34-39,56-60H,4-33,40-55H2,1-3H3,(H,71,78)(H,73,76)(H,74,77)(H,75,79)(H4,66,67,72)/b37-34-,38-35-,39-36-,68-56+,69-57+,70-58+/t59-,60-/m0/s1. The van der Waals surface area contributed by atoms with Crippen molar-refractivity contribution < 1.29 is 19.2 Å². The molecule has 14 nitrogen and oxygen atoms in total. The zero-order valence-corrected chi connectivity index (χ0v) is 51.0. The molecule has 0 heterocycles. The highest BCUT2D eigenvalue weighted by Gasteiger charge is 2.27. The predicted molar refractivity (Wildman–Crippen MR) is 338 cm³/mol. The fourth-order valence-electron chi connectivity index (χ4n) is 9.16. The summed E-state index contributed by atoms with van der Waals surface area (Å²) in [6, 6.07) is -2.31. The number of nitrogens with one attached hydrogen (secondary N) is 4. The number of amides is 4. The molecule has 0 unspecified atom stereocenters. The van der Waals surface area contributed by atoms with Crippen LogP contribution in [0.2, 0.25) is 0 Å². The summed E-state index contributed by atoms with van der Waals surface area (Å²) in [5.74, 6) is -2.40. The van der Waals surface area contributed by atoms with Gasteiger partial charge in [-0.15, -0.1) is 0 Å². The van der Waals surface area contributed by atoms with Gasteiger partial charge >= 0.3 is 0 Å². The molecule has 0 aromatic carbocycles. The lowest BCUT2D eigenvalue weighted by atomic mass is 10.1. The fourth-order valence-corrected chi connectivity index (χ4v) is 9.16. The van der Waals surface area contributed by atoms with Gasteiger partial charge in [0.25, 0.3) is 5.91 Å². The minimum absolute atomic E-state index is 0.0371. The first-order valence-electron chi connectivity index (χ1n) is 32.5. The summed E-state index contributed by atoms with van der Waals surface area (Å²) in [4.78, 5) is 56.8. The summed E-state index contributed by atoms with van der Waals surface area (Å²) in [6.07, 6.45) is 69.1. The molecule has 0 aromatic heterocycles. The van der Waals surface area contributed by atoms with Crippen LogP contribution in [-0.2, 0) is 19.2 Å². The van der Waals surface area contributed by atoms with Crippen LogP contribution in [0.5, 0.6) is 0 Å². The third-order valence-corrected chi connectivity index (χ3v) is 14.2. The summed E-state index contributed by atoms with van der Waals surface area (Å²) < 4.78 is 0. The van der Waals surface area contributed by atoms with E-state index in [1.165, 1.54) is 173 Å². The lowest BCUT2D eigenvalue weighted by Crippen LogP contribution is -2.49. The predicted octanol–water partition coefficient (Wildman–Crippen LogP) is 16.1. The molecule has 0 aliphatic heterocycles. The zero-order valence-electron chi connectivity index (χ0n) is 51.0. The minimum atomic E-state index is -1.17. The van der Waals surface area contributed by atoms with Gasteiger partial charge in [0.15, 0.2) is 5.96 Å². The molecule has 0 bridgehead atoms. The average Bonchev–Trinajstić information content (AvgIpc) is 3.44. The molecule has 0 radical (unpaired) electrons. The molecule has 0 aromatic rings. The number of hydrazone groups is 3. The summed E-state index contributed by atoms with van der Waals surface area (Å²) in [5.41, 5.74) is 19.0. The number of carbonyl (C=O) groups is 4. The van der Waals surface area contributed by atoms with Gasteiger partial charge in [0, 0.05) is 31.5 Å². The van der Waals surface area contributed by atoms with Crippen molar-refractivity contribution in [2.45, 2.75) is 328 Å². The molecule has 8 N–H and O–H groups in total. The van der Waals surface area contributed by atoms with Crippen molar-refractivity contribution in [2.75, 3.05) is 0 Å². The number of guanidine groups is 1. The molecule has 0 saturated carbocycles. The van der Waals surface area contributed by atoms with Crippen molar-refractivity contribution in [3.05, 3.63) is 36.5 Å². The molecule has 2 atom stereocenters. The van der Waals surface area contributed by atoms with Crippen LogP contribution in [0.1, 0.15) is 316 Å². The average molecular weight is 1110 g/mol. The number of unbranched alkanes of at least 4 members (excludes halogenated alkanes) is 36. The molecule has 0 saturated heterocycles. The monoisotopic (exact) mass is 1100 g/mol. The summed E-state index contributed by atoms with van der Waals surface area (Å²) in [7, 11) is 0. The lowest BCUT2D eigenvalue weighted by Gasteiger charge is -2.19. The zero-order chi connectivity index (χ0) is 57.6. The third-order valence-electron chi connectivity index (χ3n) is 14.2. The SMILES string of the molecule is CCCCCCCCCCC/C=C\CCCC/C=N/NC(=O)CC[C@H](N=C(N)N)C(=O)N[C@@H](CCC(=O)N/N=C/CCCC/C=C\CCCCCCCCCCC)C(=O)N/N=C/CCCC/C=C\CCCCCCCCCCC. The van der Waals surface area contributed by atoms with Crippen LogP contribution in [-0.4, -0.2) is 60.3 Å². The van der Waals surface area contributed by atoms with E-state index in [0.717, 1.165) is 89.9 Å². The number of nitrogens with two attached hydrogens (primary N) is 2. The molecule has 0 spiro atoms. The Morgan fingerprint density at radius 1 is 0.354 bits per heavy atom. The van der Waals surface area contributed by atoms with E-state index < -0.39 is 35.7 Å². The van der Waals surface area contributed by atoms with Gasteiger partial charge < -0.3 is 16.8 Å². The topological polar surface area (TPSA) is 218 Å². The van der Waals surface area contributed by atoms with Gasteiger partial charge in [-0.2, -0.15) is 15.3 Å². The Kier molecular flexibility index (Phi) is 57.4. The fraction of sp³-hybridized carbons (Fsp3) is 0.785. The summed E-state index contributed by atoms with van der Waals surface area (Å²) in [6.45, 7) is 6.78. The van der Waals surface area contributed by atoms with Crippen molar-refractivity contribution in [3.63, 3.8) is 0 Å². The number of aliphatic imine (C=N–C) groups is 1. The van der Waals surface area contributed by atoms with E-state index in [9.17, 15) is 19.2 Å². The van der Waals surface area contributed by atoms with E-state index in [4.69, 9.17) is 11.5 Å². The Bertz CT molecular complexity index is 1640. The Hall–Kier alpha value is -4.62. The van der Waals surface area contributed by atoms with E-state index >= 15 is 0 Å². The quantitative estimate of drug-likeness (QED) is 0.0114. The molecule has 14 heteroatoms. The maximum absolute atomic E-state index is 13.6. The first-order valence-corrected chi connectivity index (χ1v) is 32.5. The van der Waals surface area contributed by atoms with Crippen molar-refractivity contribution in [3.8, 4) is 0 Å².